The maximum atomic E-state index is 5.37. The first-order chi connectivity index (χ1) is 6.72. The first-order valence-corrected chi connectivity index (χ1v) is 4.69. The van der Waals surface area contributed by atoms with Crippen molar-refractivity contribution < 1.29 is 4.74 Å². The van der Waals surface area contributed by atoms with Crippen LogP contribution in [0.1, 0.15) is 0 Å². The number of piperazine rings is 1. The van der Waals surface area contributed by atoms with E-state index in [1.54, 1.807) is 0 Å². The third-order valence-corrected chi connectivity index (χ3v) is 2.47. The zero-order valence-electron chi connectivity index (χ0n) is 8.66. The van der Waals surface area contributed by atoms with Crippen LogP contribution in [0.2, 0.25) is 0 Å². The quantitative estimate of drug-likeness (QED) is 0.625. The van der Waals surface area contributed by atoms with Crippen molar-refractivity contribution in [3.63, 3.8) is 0 Å². The minimum atomic E-state index is 0.839. The highest BCUT2D eigenvalue weighted by Crippen LogP contribution is 2.22. The summed E-state index contributed by atoms with van der Waals surface area (Å²) in [6.45, 7) is 6.51. The largest absolute Gasteiger partial charge is 0.446 e. The molecule has 0 aromatic carbocycles. The Kier molecular flexibility index (Phi) is 2.35. The standard InChI is InChI=1S/C9H16N4O/c1-4-14-9-8-7-11(2)5-6-13(8)10-12(9)3/h4,10H,1,5-7H2,2-3H3. The molecule has 0 saturated carbocycles. The molecule has 0 aromatic heterocycles. The average molecular weight is 196 g/mol. The summed E-state index contributed by atoms with van der Waals surface area (Å²) in [7, 11) is 4.04. The van der Waals surface area contributed by atoms with Crippen molar-refractivity contribution in [1.29, 1.82) is 0 Å². The van der Waals surface area contributed by atoms with Crippen molar-refractivity contribution in [1.82, 2.24) is 20.5 Å². The molecule has 1 saturated heterocycles. The fraction of sp³-hybridized carbons (Fsp3) is 0.556. The number of hydrogen-bond donors (Lipinski definition) is 1. The lowest BCUT2D eigenvalue weighted by atomic mass is 10.3. The summed E-state index contributed by atoms with van der Waals surface area (Å²) in [4.78, 5) is 2.26. The summed E-state index contributed by atoms with van der Waals surface area (Å²) in [5, 5.41) is 3.98. The second-order valence-corrected chi connectivity index (χ2v) is 3.58. The number of hydrogen-bond acceptors (Lipinski definition) is 5. The fourth-order valence-corrected chi connectivity index (χ4v) is 1.77. The van der Waals surface area contributed by atoms with Crippen LogP contribution in [0.4, 0.5) is 0 Å². The van der Waals surface area contributed by atoms with Crippen molar-refractivity contribution in [2.24, 2.45) is 0 Å². The molecule has 5 heteroatoms. The highest BCUT2D eigenvalue weighted by atomic mass is 16.5. The minimum Gasteiger partial charge on any atom is -0.446 e. The van der Waals surface area contributed by atoms with Gasteiger partial charge in [-0.3, -0.25) is 14.9 Å². The van der Waals surface area contributed by atoms with Gasteiger partial charge in [0, 0.05) is 26.7 Å². The zero-order chi connectivity index (χ0) is 10.1. The molecule has 78 valence electrons. The van der Waals surface area contributed by atoms with E-state index in [2.05, 4.69) is 29.1 Å². The molecule has 0 aliphatic carbocycles. The molecule has 0 aromatic rings. The molecule has 1 N–H and O–H groups in total. The Balaban J connectivity index is 2.22. The Hall–Kier alpha value is -1.20. The molecule has 2 heterocycles. The Morgan fingerprint density at radius 2 is 2.21 bits per heavy atom. The number of fused-ring (bicyclic) bond motifs is 1. The molecule has 0 atom stereocenters. The molecule has 2 aliphatic heterocycles. The summed E-state index contributed by atoms with van der Waals surface area (Å²) in [5.41, 5.74) is 4.37. The monoisotopic (exact) mass is 196 g/mol. The van der Waals surface area contributed by atoms with Gasteiger partial charge in [-0.2, -0.15) is 0 Å². The third-order valence-electron chi connectivity index (χ3n) is 2.47. The Labute approximate surface area is 84.2 Å². The van der Waals surface area contributed by atoms with Crippen LogP contribution in [0.25, 0.3) is 0 Å². The predicted octanol–water partition coefficient (Wildman–Crippen LogP) is -0.0720. The van der Waals surface area contributed by atoms with Gasteiger partial charge in [0.05, 0.1) is 6.26 Å². The SMILES string of the molecule is C=COC1=C2CN(C)CCN2NN1C. The molecular weight excluding hydrogens is 180 g/mol. The van der Waals surface area contributed by atoms with Crippen LogP contribution >= 0.6 is 0 Å². The summed E-state index contributed by atoms with van der Waals surface area (Å²) >= 11 is 0. The molecule has 5 nitrogen and oxygen atoms in total. The van der Waals surface area contributed by atoms with Crippen LogP contribution in [-0.4, -0.2) is 48.6 Å². The van der Waals surface area contributed by atoms with Crippen molar-refractivity contribution in [3.8, 4) is 0 Å². The van der Waals surface area contributed by atoms with Gasteiger partial charge < -0.3 is 4.74 Å². The first-order valence-electron chi connectivity index (χ1n) is 4.69. The Bertz CT molecular complexity index is 276. The molecule has 0 bridgehead atoms. The number of ether oxygens (including phenoxy) is 1. The highest BCUT2D eigenvalue weighted by molar-refractivity contribution is 5.14. The van der Waals surface area contributed by atoms with Crippen molar-refractivity contribution in [2.45, 2.75) is 0 Å². The zero-order valence-corrected chi connectivity index (χ0v) is 8.66. The topological polar surface area (TPSA) is 31.0 Å². The van der Waals surface area contributed by atoms with Gasteiger partial charge in [-0.1, -0.05) is 6.58 Å². The number of nitrogens with one attached hydrogen (secondary N) is 1. The highest BCUT2D eigenvalue weighted by Gasteiger charge is 2.31. The van der Waals surface area contributed by atoms with Gasteiger partial charge in [0.2, 0.25) is 5.88 Å². The summed E-state index contributed by atoms with van der Waals surface area (Å²) < 4.78 is 5.37. The summed E-state index contributed by atoms with van der Waals surface area (Å²) in [5.74, 6) is 0.839. The molecule has 1 fully saturated rings. The molecular formula is C9H16N4O. The van der Waals surface area contributed by atoms with Crippen LogP contribution in [0.3, 0.4) is 0 Å². The van der Waals surface area contributed by atoms with Gasteiger partial charge in [-0.05, 0) is 7.05 Å². The van der Waals surface area contributed by atoms with Gasteiger partial charge in [0.25, 0.3) is 0 Å². The van der Waals surface area contributed by atoms with E-state index in [1.807, 2.05) is 12.1 Å². The first kappa shape index (κ1) is 9.36. The number of hydrazine groups is 2. The number of nitrogens with zero attached hydrogens (tertiary/aromatic N) is 3. The van der Waals surface area contributed by atoms with E-state index < -0.39 is 0 Å². The molecule has 2 rings (SSSR count). The van der Waals surface area contributed by atoms with Crippen LogP contribution in [0, 0.1) is 0 Å². The fourth-order valence-electron chi connectivity index (χ4n) is 1.77. The normalized spacial score (nSPS) is 22.7. The lowest BCUT2D eigenvalue weighted by molar-refractivity contribution is 0.0881. The van der Waals surface area contributed by atoms with E-state index in [4.69, 9.17) is 4.74 Å². The van der Waals surface area contributed by atoms with E-state index in [-0.39, 0.29) is 0 Å². The molecule has 0 spiro atoms. The maximum absolute atomic E-state index is 5.37. The lowest BCUT2D eigenvalue weighted by Gasteiger charge is -2.31. The van der Waals surface area contributed by atoms with E-state index in [0.29, 0.717) is 0 Å². The molecule has 2 aliphatic rings. The van der Waals surface area contributed by atoms with Crippen molar-refractivity contribution >= 4 is 0 Å². The lowest BCUT2D eigenvalue weighted by Crippen LogP contribution is -2.47. The van der Waals surface area contributed by atoms with Crippen LogP contribution in [0.5, 0.6) is 0 Å². The van der Waals surface area contributed by atoms with Gasteiger partial charge in [-0.15, -0.1) is 5.53 Å². The summed E-state index contributed by atoms with van der Waals surface area (Å²) in [6, 6.07) is 0. The minimum absolute atomic E-state index is 0.839. The van der Waals surface area contributed by atoms with Gasteiger partial charge in [0.1, 0.15) is 5.70 Å². The number of rotatable bonds is 2. The van der Waals surface area contributed by atoms with E-state index in [0.717, 1.165) is 25.5 Å². The van der Waals surface area contributed by atoms with Gasteiger partial charge in [-0.25, -0.2) is 0 Å². The second kappa shape index (κ2) is 3.51. The molecule has 14 heavy (non-hydrogen) atoms. The average Bonchev–Trinajstić information content (AvgIpc) is 2.45. The van der Waals surface area contributed by atoms with Gasteiger partial charge >= 0.3 is 0 Å². The van der Waals surface area contributed by atoms with Gasteiger partial charge in [0.15, 0.2) is 0 Å². The Morgan fingerprint density at radius 3 is 2.93 bits per heavy atom. The van der Waals surface area contributed by atoms with Crippen LogP contribution < -0.4 is 5.53 Å². The van der Waals surface area contributed by atoms with E-state index in [1.165, 1.54) is 12.0 Å². The second-order valence-electron chi connectivity index (χ2n) is 3.58. The van der Waals surface area contributed by atoms with E-state index in [9.17, 15) is 0 Å². The van der Waals surface area contributed by atoms with Crippen LogP contribution in [0.15, 0.2) is 24.4 Å². The smallest absolute Gasteiger partial charge is 0.232 e. The molecule has 0 radical (unpaired) electrons. The Morgan fingerprint density at radius 1 is 1.43 bits per heavy atom. The summed E-state index contributed by atoms with van der Waals surface area (Å²) in [6.07, 6.45) is 1.46. The maximum Gasteiger partial charge on any atom is 0.232 e. The van der Waals surface area contributed by atoms with Crippen molar-refractivity contribution in [3.05, 3.63) is 24.4 Å². The molecule has 0 unspecified atom stereocenters. The molecule has 0 amide bonds. The van der Waals surface area contributed by atoms with E-state index >= 15 is 0 Å². The third kappa shape index (κ3) is 1.44. The predicted molar refractivity (Wildman–Crippen MR) is 53.4 cm³/mol. The van der Waals surface area contributed by atoms with Crippen LogP contribution in [-0.2, 0) is 4.74 Å². The number of likely N-dealkylation sites (N-methyl/N-ethyl adjacent to an activating group) is 1. The van der Waals surface area contributed by atoms with Crippen molar-refractivity contribution in [2.75, 3.05) is 33.7 Å².